The molecule has 0 saturated carbocycles. The third-order valence-corrected chi connectivity index (χ3v) is 3.39. The van der Waals surface area contributed by atoms with Crippen molar-refractivity contribution in [2.75, 3.05) is 0 Å². The zero-order chi connectivity index (χ0) is 21.4. The van der Waals surface area contributed by atoms with E-state index in [1.54, 1.807) is 13.8 Å². The minimum Gasteiger partial charge on any atom is -0.481 e. The van der Waals surface area contributed by atoms with Gasteiger partial charge in [0, 0.05) is 12.0 Å². The Morgan fingerprint density at radius 3 is 1.46 bits per heavy atom. The zero-order valence-corrected chi connectivity index (χ0v) is 17.7. The molecule has 0 heterocycles. The SMILES string of the molecule is CC(C)N.CCC(C)C(=O)O.CCC(CC(C)C(=O)NC(C)C)C(=O)O. The van der Waals surface area contributed by atoms with Crippen LogP contribution >= 0.6 is 0 Å². The highest BCUT2D eigenvalue weighted by atomic mass is 16.4. The topological polar surface area (TPSA) is 130 Å². The molecule has 7 nitrogen and oxygen atoms in total. The first-order valence-electron chi connectivity index (χ1n) is 9.31. The lowest BCUT2D eigenvalue weighted by atomic mass is 9.93. The second-order valence-corrected chi connectivity index (χ2v) is 7.13. The Morgan fingerprint density at radius 2 is 1.27 bits per heavy atom. The molecule has 0 rings (SSSR count). The minimum absolute atomic E-state index is 0.0651. The highest BCUT2D eigenvalue weighted by Crippen LogP contribution is 2.16. The number of hydrogen-bond donors (Lipinski definition) is 4. The normalized spacial score (nSPS) is 13.5. The van der Waals surface area contributed by atoms with Crippen molar-refractivity contribution < 1.29 is 24.6 Å². The van der Waals surface area contributed by atoms with Crippen LogP contribution in [0.1, 0.15) is 74.7 Å². The van der Waals surface area contributed by atoms with Gasteiger partial charge in [-0.2, -0.15) is 0 Å². The lowest BCUT2D eigenvalue weighted by molar-refractivity contribution is -0.143. The Morgan fingerprint density at radius 1 is 0.846 bits per heavy atom. The summed E-state index contributed by atoms with van der Waals surface area (Å²) in [4.78, 5) is 32.2. The molecule has 0 fully saturated rings. The standard InChI is InChI=1S/C11H21NO3.C5H10O2.C3H9N/c1-5-9(11(14)15)6-8(4)10(13)12-7(2)3;1-3-4(2)5(6)7;1-3(2)4/h7-9H,5-6H2,1-4H3,(H,12,13)(H,14,15);4H,3H2,1-2H3,(H,6,7);3H,4H2,1-2H3. The van der Waals surface area contributed by atoms with Crippen LogP contribution in [0.2, 0.25) is 0 Å². The predicted octanol–water partition coefficient (Wildman–Crippen LogP) is 3.12. The Bertz CT molecular complexity index is 395. The van der Waals surface area contributed by atoms with Crippen LogP contribution in [-0.4, -0.2) is 40.1 Å². The van der Waals surface area contributed by atoms with E-state index in [1.165, 1.54) is 0 Å². The summed E-state index contributed by atoms with van der Waals surface area (Å²) in [5.74, 6) is -2.43. The zero-order valence-electron chi connectivity index (χ0n) is 17.7. The van der Waals surface area contributed by atoms with Crippen molar-refractivity contribution in [1.29, 1.82) is 0 Å². The van der Waals surface area contributed by atoms with Gasteiger partial charge in [0.05, 0.1) is 11.8 Å². The molecule has 7 heteroatoms. The number of aliphatic carboxylic acids is 2. The van der Waals surface area contributed by atoms with Gasteiger partial charge < -0.3 is 21.3 Å². The molecule has 26 heavy (non-hydrogen) atoms. The fourth-order valence-electron chi connectivity index (χ4n) is 1.58. The largest absolute Gasteiger partial charge is 0.481 e. The predicted molar refractivity (Wildman–Crippen MR) is 105 cm³/mol. The van der Waals surface area contributed by atoms with Crippen molar-refractivity contribution in [2.45, 2.75) is 86.7 Å². The van der Waals surface area contributed by atoms with E-state index in [9.17, 15) is 14.4 Å². The van der Waals surface area contributed by atoms with Gasteiger partial charge in [0.15, 0.2) is 0 Å². The first kappa shape index (κ1) is 29.1. The molecule has 156 valence electrons. The van der Waals surface area contributed by atoms with Crippen LogP contribution in [0.5, 0.6) is 0 Å². The second kappa shape index (κ2) is 16.8. The van der Waals surface area contributed by atoms with Crippen LogP contribution in [0, 0.1) is 17.8 Å². The molecule has 0 aromatic heterocycles. The summed E-state index contributed by atoms with van der Waals surface area (Å²) in [6, 6.07) is 0.435. The summed E-state index contributed by atoms with van der Waals surface area (Å²) in [6.45, 7) is 14.8. The lowest BCUT2D eigenvalue weighted by Crippen LogP contribution is -2.35. The number of rotatable bonds is 8. The highest BCUT2D eigenvalue weighted by Gasteiger charge is 2.22. The summed E-state index contributed by atoms with van der Waals surface area (Å²) in [5.41, 5.74) is 5.11. The maximum absolute atomic E-state index is 11.5. The van der Waals surface area contributed by atoms with E-state index in [2.05, 4.69) is 5.32 Å². The number of carbonyl (C=O) groups is 3. The number of carboxylic acid groups (broad SMARTS) is 2. The van der Waals surface area contributed by atoms with Gasteiger partial charge in [0.25, 0.3) is 0 Å². The van der Waals surface area contributed by atoms with Gasteiger partial charge >= 0.3 is 11.9 Å². The summed E-state index contributed by atoms with van der Waals surface area (Å²) in [5, 5.41) is 19.8. The monoisotopic (exact) mass is 376 g/mol. The van der Waals surface area contributed by atoms with E-state index in [-0.39, 0.29) is 23.8 Å². The number of amides is 1. The molecule has 3 unspecified atom stereocenters. The first-order chi connectivity index (χ1) is 11.8. The van der Waals surface area contributed by atoms with Gasteiger partial charge in [-0.3, -0.25) is 14.4 Å². The van der Waals surface area contributed by atoms with Gasteiger partial charge in [-0.25, -0.2) is 0 Å². The molecule has 0 bridgehead atoms. The van der Waals surface area contributed by atoms with E-state index in [1.807, 2.05) is 41.5 Å². The molecule has 1 amide bonds. The Balaban J connectivity index is -0.000000397. The molecule has 0 aromatic rings. The molecule has 0 aliphatic heterocycles. The van der Waals surface area contributed by atoms with Crippen molar-refractivity contribution >= 4 is 17.8 Å². The molecule has 0 aliphatic carbocycles. The van der Waals surface area contributed by atoms with Crippen LogP contribution in [0.15, 0.2) is 0 Å². The highest BCUT2D eigenvalue weighted by molar-refractivity contribution is 5.79. The molecule has 0 radical (unpaired) electrons. The number of nitrogens with two attached hydrogens (primary N) is 1. The molecular weight excluding hydrogens is 336 g/mol. The third-order valence-electron chi connectivity index (χ3n) is 3.39. The van der Waals surface area contributed by atoms with Crippen molar-refractivity contribution in [1.82, 2.24) is 5.32 Å². The van der Waals surface area contributed by atoms with Crippen LogP contribution in [-0.2, 0) is 14.4 Å². The van der Waals surface area contributed by atoms with Crippen molar-refractivity contribution in [3.63, 3.8) is 0 Å². The van der Waals surface area contributed by atoms with Crippen molar-refractivity contribution in [2.24, 2.45) is 23.5 Å². The van der Waals surface area contributed by atoms with Crippen molar-refractivity contribution in [3.8, 4) is 0 Å². The van der Waals surface area contributed by atoms with E-state index in [4.69, 9.17) is 15.9 Å². The number of hydrogen-bond acceptors (Lipinski definition) is 4. The number of carboxylic acids is 2. The van der Waals surface area contributed by atoms with Crippen LogP contribution in [0.25, 0.3) is 0 Å². The van der Waals surface area contributed by atoms with Crippen LogP contribution in [0.3, 0.4) is 0 Å². The average molecular weight is 377 g/mol. The fourth-order valence-corrected chi connectivity index (χ4v) is 1.58. The molecule has 0 saturated heterocycles. The summed E-state index contributed by atoms with van der Waals surface area (Å²) >= 11 is 0. The van der Waals surface area contributed by atoms with Gasteiger partial charge in [0.2, 0.25) is 5.91 Å². The van der Waals surface area contributed by atoms with E-state index < -0.39 is 17.9 Å². The minimum atomic E-state index is -0.818. The number of nitrogens with one attached hydrogen (secondary N) is 1. The summed E-state index contributed by atoms with van der Waals surface area (Å²) < 4.78 is 0. The number of carbonyl (C=O) groups excluding carboxylic acids is 1. The van der Waals surface area contributed by atoms with E-state index in [0.717, 1.165) is 6.42 Å². The van der Waals surface area contributed by atoms with E-state index >= 15 is 0 Å². The average Bonchev–Trinajstić information content (AvgIpc) is 2.50. The smallest absolute Gasteiger partial charge is 0.306 e. The molecular formula is C19H40N2O5. The Hall–Kier alpha value is -1.63. The molecule has 0 aromatic carbocycles. The molecule has 5 N–H and O–H groups in total. The van der Waals surface area contributed by atoms with Gasteiger partial charge in [-0.1, -0.05) is 41.5 Å². The maximum atomic E-state index is 11.5. The second-order valence-electron chi connectivity index (χ2n) is 7.13. The molecule has 0 spiro atoms. The molecule has 0 aliphatic rings. The lowest BCUT2D eigenvalue weighted by Gasteiger charge is -2.17. The van der Waals surface area contributed by atoms with Crippen molar-refractivity contribution in [3.05, 3.63) is 0 Å². The van der Waals surface area contributed by atoms with Gasteiger partial charge in [-0.05, 0) is 39.2 Å². The van der Waals surface area contributed by atoms with E-state index in [0.29, 0.717) is 18.9 Å². The van der Waals surface area contributed by atoms with Gasteiger partial charge in [-0.15, -0.1) is 0 Å². The maximum Gasteiger partial charge on any atom is 0.306 e. The quantitative estimate of drug-likeness (QED) is 0.515. The fraction of sp³-hybridized carbons (Fsp3) is 0.842. The van der Waals surface area contributed by atoms with Crippen LogP contribution < -0.4 is 11.1 Å². The summed E-state index contributed by atoms with van der Waals surface area (Å²) in [7, 11) is 0. The van der Waals surface area contributed by atoms with Gasteiger partial charge in [0.1, 0.15) is 0 Å². The Labute approximate surface area is 158 Å². The Kier molecular flexibility index (Phi) is 18.9. The molecule has 3 atom stereocenters. The van der Waals surface area contributed by atoms with Crippen LogP contribution in [0.4, 0.5) is 0 Å². The third kappa shape index (κ3) is 20.4. The summed E-state index contributed by atoms with van der Waals surface area (Å²) in [6.07, 6.45) is 1.69. The first-order valence-corrected chi connectivity index (χ1v) is 9.31.